The molecule has 114 valence electrons. The summed E-state index contributed by atoms with van der Waals surface area (Å²) in [5, 5.41) is 11.4. The highest BCUT2D eigenvalue weighted by Gasteiger charge is 2.23. The molecule has 1 amide bonds. The Bertz CT molecular complexity index is 629. The number of carboxylic acid groups (broad SMARTS) is 1. The van der Waals surface area contributed by atoms with Gasteiger partial charge in [0.25, 0.3) is 0 Å². The van der Waals surface area contributed by atoms with Crippen LogP contribution in [0.25, 0.3) is 0 Å². The van der Waals surface area contributed by atoms with E-state index in [4.69, 9.17) is 5.11 Å². The molecule has 1 aromatic carbocycles. The number of sulfonamides is 1. The monoisotopic (exact) mass is 312 g/mol. The molecular formula is C13H16N2O5S. The zero-order chi connectivity index (χ0) is 15.5. The fourth-order valence-corrected chi connectivity index (χ4v) is 3.52. The number of carboxylic acids is 1. The first-order valence-corrected chi connectivity index (χ1v) is 8.10. The van der Waals surface area contributed by atoms with Crippen molar-refractivity contribution in [2.24, 2.45) is 0 Å². The average molecular weight is 312 g/mol. The normalized spacial score (nSPS) is 19.0. The lowest BCUT2D eigenvalue weighted by molar-refractivity contribution is -0.122. The summed E-state index contributed by atoms with van der Waals surface area (Å²) in [6, 6.07) is 5.39. The summed E-state index contributed by atoms with van der Waals surface area (Å²) in [7, 11) is -3.53. The van der Waals surface area contributed by atoms with Crippen molar-refractivity contribution in [1.29, 1.82) is 0 Å². The molecule has 1 aliphatic heterocycles. The molecule has 0 bridgehead atoms. The van der Waals surface area contributed by atoms with Gasteiger partial charge in [0.15, 0.2) is 0 Å². The first kappa shape index (κ1) is 15.5. The predicted molar refractivity (Wildman–Crippen MR) is 75.2 cm³/mol. The van der Waals surface area contributed by atoms with E-state index in [1.165, 1.54) is 24.3 Å². The highest BCUT2D eigenvalue weighted by atomic mass is 32.2. The van der Waals surface area contributed by atoms with Gasteiger partial charge in [-0.25, -0.2) is 17.9 Å². The van der Waals surface area contributed by atoms with Gasteiger partial charge in [0.05, 0.1) is 11.3 Å². The number of amides is 1. The number of benzene rings is 1. The van der Waals surface area contributed by atoms with E-state index in [2.05, 4.69) is 10.0 Å². The molecular weight excluding hydrogens is 296 g/mol. The Morgan fingerprint density at radius 2 is 2.00 bits per heavy atom. The van der Waals surface area contributed by atoms with Crippen LogP contribution in [0, 0.1) is 0 Å². The Balaban J connectivity index is 1.97. The number of carbonyl (C=O) groups excluding carboxylic acids is 1. The second-order valence-corrected chi connectivity index (χ2v) is 6.67. The second kappa shape index (κ2) is 6.23. The minimum atomic E-state index is -3.53. The SMILES string of the molecule is O=C1CCC(NS(=O)(=O)Cc2ccc(C(=O)O)cc2)CN1. The molecule has 8 heteroatoms. The predicted octanol–water partition coefficient (Wildman–Crippen LogP) is 0.0828. The topological polar surface area (TPSA) is 113 Å². The van der Waals surface area contributed by atoms with Crippen molar-refractivity contribution in [3.8, 4) is 0 Å². The molecule has 0 aliphatic carbocycles. The number of hydrogen-bond acceptors (Lipinski definition) is 4. The first-order chi connectivity index (χ1) is 9.85. The van der Waals surface area contributed by atoms with Crippen molar-refractivity contribution in [3.63, 3.8) is 0 Å². The van der Waals surface area contributed by atoms with Crippen LogP contribution in [0.4, 0.5) is 0 Å². The summed E-state index contributed by atoms with van der Waals surface area (Å²) in [5.41, 5.74) is 0.617. The Hall–Kier alpha value is -1.93. The average Bonchev–Trinajstić information content (AvgIpc) is 2.41. The molecule has 1 fully saturated rings. The van der Waals surface area contributed by atoms with Crippen LogP contribution in [-0.2, 0) is 20.6 Å². The van der Waals surface area contributed by atoms with Crippen LogP contribution in [-0.4, -0.2) is 38.0 Å². The third-order valence-electron chi connectivity index (χ3n) is 3.17. The van der Waals surface area contributed by atoms with Gasteiger partial charge >= 0.3 is 5.97 Å². The van der Waals surface area contributed by atoms with Crippen molar-refractivity contribution in [2.75, 3.05) is 6.54 Å². The van der Waals surface area contributed by atoms with Crippen molar-refractivity contribution in [3.05, 3.63) is 35.4 Å². The van der Waals surface area contributed by atoms with E-state index in [9.17, 15) is 18.0 Å². The molecule has 0 spiro atoms. The van der Waals surface area contributed by atoms with Gasteiger partial charge in [-0.2, -0.15) is 0 Å². The number of hydrogen-bond donors (Lipinski definition) is 3. The molecule has 1 saturated heterocycles. The lowest BCUT2D eigenvalue weighted by Crippen LogP contribution is -2.47. The quantitative estimate of drug-likeness (QED) is 0.713. The molecule has 21 heavy (non-hydrogen) atoms. The van der Waals surface area contributed by atoms with Crippen LogP contribution in [0.3, 0.4) is 0 Å². The highest BCUT2D eigenvalue weighted by molar-refractivity contribution is 7.88. The van der Waals surface area contributed by atoms with Gasteiger partial charge in [0.1, 0.15) is 0 Å². The molecule has 0 saturated carbocycles. The van der Waals surface area contributed by atoms with Crippen LogP contribution in [0.15, 0.2) is 24.3 Å². The smallest absolute Gasteiger partial charge is 0.335 e. The maximum atomic E-state index is 12.0. The van der Waals surface area contributed by atoms with Crippen LogP contribution >= 0.6 is 0 Å². The minimum Gasteiger partial charge on any atom is -0.478 e. The van der Waals surface area contributed by atoms with Gasteiger partial charge < -0.3 is 10.4 Å². The van der Waals surface area contributed by atoms with E-state index < -0.39 is 16.0 Å². The fraction of sp³-hybridized carbons (Fsp3) is 0.385. The maximum Gasteiger partial charge on any atom is 0.335 e. The van der Waals surface area contributed by atoms with Crippen molar-refractivity contribution in [2.45, 2.75) is 24.6 Å². The summed E-state index contributed by atoms with van der Waals surface area (Å²) in [4.78, 5) is 21.7. The molecule has 1 atom stereocenters. The summed E-state index contributed by atoms with van der Waals surface area (Å²) < 4.78 is 26.6. The van der Waals surface area contributed by atoms with Crippen molar-refractivity contribution in [1.82, 2.24) is 10.0 Å². The van der Waals surface area contributed by atoms with E-state index in [1.807, 2.05) is 0 Å². The fourth-order valence-electron chi connectivity index (χ4n) is 2.09. The number of aromatic carboxylic acids is 1. The zero-order valence-electron chi connectivity index (χ0n) is 11.2. The first-order valence-electron chi connectivity index (χ1n) is 6.45. The maximum absolute atomic E-state index is 12.0. The lowest BCUT2D eigenvalue weighted by atomic mass is 10.1. The Morgan fingerprint density at radius 1 is 1.33 bits per heavy atom. The summed E-state index contributed by atoms with van der Waals surface area (Å²) in [5.74, 6) is -1.35. The highest BCUT2D eigenvalue weighted by Crippen LogP contribution is 2.10. The summed E-state index contributed by atoms with van der Waals surface area (Å²) in [6.45, 7) is 0.288. The number of piperidine rings is 1. The van der Waals surface area contributed by atoms with Gasteiger partial charge in [-0.1, -0.05) is 12.1 Å². The molecule has 1 heterocycles. The number of carbonyl (C=O) groups is 2. The molecule has 0 radical (unpaired) electrons. The van der Waals surface area contributed by atoms with Crippen LogP contribution in [0.1, 0.15) is 28.8 Å². The third-order valence-corrected chi connectivity index (χ3v) is 4.58. The Morgan fingerprint density at radius 3 is 2.52 bits per heavy atom. The van der Waals surface area contributed by atoms with E-state index in [0.717, 1.165) is 0 Å². The molecule has 1 unspecified atom stereocenters. The van der Waals surface area contributed by atoms with Gasteiger partial charge in [0, 0.05) is 19.0 Å². The summed E-state index contributed by atoms with van der Waals surface area (Å²) in [6.07, 6.45) is 0.781. The molecule has 1 aromatic rings. The van der Waals surface area contributed by atoms with Crippen LogP contribution < -0.4 is 10.0 Å². The van der Waals surface area contributed by atoms with Gasteiger partial charge in [0.2, 0.25) is 15.9 Å². The standard InChI is InChI=1S/C13H16N2O5S/c16-12-6-5-11(7-14-12)15-21(19,20)8-9-1-3-10(4-2-9)13(17)18/h1-4,11,15H,5-8H2,(H,14,16)(H,17,18). The van der Waals surface area contributed by atoms with Crippen molar-refractivity contribution < 1.29 is 23.1 Å². The molecule has 2 rings (SSSR count). The largest absolute Gasteiger partial charge is 0.478 e. The van der Waals surface area contributed by atoms with Gasteiger partial charge in [-0.3, -0.25) is 4.79 Å². The van der Waals surface area contributed by atoms with Crippen molar-refractivity contribution >= 4 is 21.9 Å². The zero-order valence-corrected chi connectivity index (χ0v) is 12.0. The lowest BCUT2D eigenvalue weighted by Gasteiger charge is -2.23. The minimum absolute atomic E-state index is 0.0743. The van der Waals surface area contributed by atoms with Crippen LogP contribution in [0.5, 0.6) is 0 Å². The molecule has 7 nitrogen and oxygen atoms in total. The van der Waals surface area contributed by atoms with E-state index >= 15 is 0 Å². The molecule has 3 N–H and O–H groups in total. The van der Waals surface area contributed by atoms with Gasteiger partial charge in [-0.15, -0.1) is 0 Å². The molecule has 1 aliphatic rings. The van der Waals surface area contributed by atoms with E-state index in [-0.39, 0.29) is 29.8 Å². The van der Waals surface area contributed by atoms with Crippen LogP contribution in [0.2, 0.25) is 0 Å². The van der Waals surface area contributed by atoms with E-state index in [0.29, 0.717) is 18.4 Å². The molecule has 0 aromatic heterocycles. The Labute approximate surface area is 122 Å². The van der Waals surface area contributed by atoms with E-state index in [1.54, 1.807) is 0 Å². The van der Waals surface area contributed by atoms with Gasteiger partial charge in [-0.05, 0) is 24.1 Å². The number of nitrogens with one attached hydrogen (secondary N) is 2. The number of rotatable bonds is 5. The summed E-state index contributed by atoms with van der Waals surface area (Å²) >= 11 is 0. The second-order valence-electron chi connectivity index (χ2n) is 4.92. The third kappa shape index (κ3) is 4.54. The Kier molecular flexibility index (Phi) is 4.59.